The van der Waals surface area contributed by atoms with E-state index < -0.39 is 23.4 Å². The first-order valence-corrected chi connectivity index (χ1v) is 6.89. The van der Waals surface area contributed by atoms with Crippen LogP contribution < -0.4 is 0 Å². The molecule has 0 saturated carbocycles. The lowest BCUT2D eigenvalue weighted by Gasteiger charge is -2.13. The molecule has 7 heteroatoms. The number of fused-ring (bicyclic) bond motifs is 1. The lowest BCUT2D eigenvalue weighted by Crippen LogP contribution is -2.27. The molecule has 112 valence electrons. The van der Waals surface area contributed by atoms with Crippen LogP contribution in [0, 0.1) is 0 Å². The fraction of sp³-hybridized carbons (Fsp3) is 0.286. The molecule has 0 aliphatic carbocycles. The van der Waals surface area contributed by atoms with E-state index in [0.29, 0.717) is 15.0 Å². The summed E-state index contributed by atoms with van der Waals surface area (Å²) in [6.07, 6.45) is 0. The number of methoxy groups -OCH3 is 1. The quantitative estimate of drug-likeness (QED) is 0.812. The first-order valence-electron chi connectivity index (χ1n) is 6.07. The Kier molecular flexibility index (Phi) is 4.22. The zero-order valence-electron chi connectivity index (χ0n) is 11.3. The molecule has 0 unspecified atom stereocenters. The SMILES string of the molecule is CCOC(=O)c1cc2ccc(C(F)(F)C(=O)OC)cc2s1. The Labute approximate surface area is 123 Å². The van der Waals surface area contributed by atoms with Crippen molar-refractivity contribution >= 4 is 33.4 Å². The van der Waals surface area contributed by atoms with Gasteiger partial charge in [-0.15, -0.1) is 11.3 Å². The fourth-order valence-electron chi connectivity index (χ4n) is 1.78. The highest BCUT2D eigenvalue weighted by molar-refractivity contribution is 7.20. The number of ether oxygens (including phenoxy) is 2. The maximum Gasteiger partial charge on any atom is 0.381 e. The summed E-state index contributed by atoms with van der Waals surface area (Å²) >= 11 is 1.03. The van der Waals surface area contributed by atoms with E-state index in [4.69, 9.17) is 4.74 Å². The number of halogens is 2. The minimum absolute atomic E-state index is 0.235. The van der Waals surface area contributed by atoms with Gasteiger partial charge in [-0.1, -0.05) is 12.1 Å². The minimum Gasteiger partial charge on any atom is -0.464 e. The summed E-state index contributed by atoms with van der Waals surface area (Å²) in [7, 11) is 0.902. The molecule has 1 heterocycles. The van der Waals surface area contributed by atoms with Crippen LogP contribution >= 0.6 is 11.3 Å². The molecule has 0 aliphatic heterocycles. The lowest BCUT2D eigenvalue weighted by atomic mass is 10.1. The summed E-state index contributed by atoms with van der Waals surface area (Å²) in [6, 6.07) is 5.32. The highest BCUT2D eigenvalue weighted by Crippen LogP contribution is 2.34. The molecule has 0 radical (unpaired) electrons. The molecule has 0 atom stereocenters. The van der Waals surface area contributed by atoms with Gasteiger partial charge in [-0.3, -0.25) is 0 Å². The van der Waals surface area contributed by atoms with Crippen LogP contribution in [0.25, 0.3) is 10.1 Å². The van der Waals surface area contributed by atoms with Crippen molar-refractivity contribution in [1.29, 1.82) is 0 Å². The summed E-state index contributed by atoms with van der Waals surface area (Å²) in [5.74, 6) is -5.85. The van der Waals surface area contributed by atoms with Gasteiger partial charge >= 0.3 is 17.9 Å². The van der Waals surface area contributed by atoms with Crippen molar-refractivity contribution in [3.8, 4) is 0 Å². The summed E-state index contributed by atoms with van der Waals surface area (Å²) in [6.45, 7) is 1.92. The molecule has 0 saturated heterocycles. The van der Waals surface area contributed by atoms with E-state index in [0.717, 1.165) is 24.5 Å². The maximum atomic E-state index is 13.8. The Morgan fingerprint density at radius 2 is 2.00 bits per heavy atom. The van der Waals surface area contributed by atoms with Crippen LogP contribution in [0.15, 0.2) is 24.3 Å². The molecule has 0 spiro atoms. The molecule has 0 bridgehead atoms. The van der Waals surface area contributed by atoms with Crippen LogP contribution in [-0.4, -0.2) is 25.7 Å². The molecular formula is C14H12F2O4S. The van der Waals surface area contributed by atoms with Gasteiger partial charge in [-0.25, -0.2) is 9.59 Å². The second-order valence-corrected chi connectivity index (χ2v) is 5.23. The average Bonchev–Trinajstić information content (AvgIpc) is 2.89. The van der Waals surface area contributed by atoms with E-state index in [1.807, 2.05) is 0 Å². The molecule has 0 aliphatic rings. The van der Waals surface area contributed by atoms with Crippen molar-refractivity contribution < 1.29 is 27.8 Å². The van der Waals surface area contributed by atoms with E-state index >= 15 is 0 Å². The van der Waals surface area contributed by atoms with Crippen molar-refractivity contribution in [2.24, 2.45) is 0 Å². The topological polar surface area (TPSA) is 52.6 Å². The van der Waals surface area contributed by atoms with Crippen LogP contribution in [0.5, 0.6) is 0 Å². The maximum absolute atomic E-state index is 13.8. The van der Waals surface area contributed by atoms with Crippen molar-refractivity contribution in [3.63, 3.8) is 0 Å². The molecule has 0 N–H and O–H groups in total. The third-order valence-corrected chi connectivity index (χ3v) is 3.88. The van der Waals surface area contributed by atoms with Crippen molar-refractivity contribution in [3.05, 3.63) is 34.7 Å². The Balaban J connectivity index is 2.43. The van der Waals surface area contributed by atoms with Crippen molar-refractivity contribution in [2.75, 3.05) is 13.7 Å². The third kappa shape index (κ3) is 2.87. The van der Waals surface area contributed by atoms with Crippen LogP contribution in [-0.2, 0) is 20.2 Å². The Hall–Kier alpha value is -2.02. The zero-order chi connectivity index (χ0) is 15.6. The Morgan fingerprint density at radius 3 is 2.62 bits per heavy atom. The average molecular weight is 314 g/mol. The van der Waals surface area contributed by atoms with E-state index in [2.05, 4.69) is 4.74 Å². The predicted molar refractivity (Wildman–Crippen MR) is 73.7 cm³/mol. The molecular weight excluding hydrogens is 302 g/mol. The number of carbonyl (C=O) groups is 2. The van der Waals surface area contributed by atoms with Crippen LogP contribution in [0.2, 0.25) is 0 Å². The molecule has 1 aromatic heterocycles. The monoisotopic (exact) mass is 314 g/mol. The van der Waals surface area contributed by atoms with E-state index in [1.54, 1.807) is 13.0 Å². The molecule has 21 heavy (non-hydrogen) atoms. The summed E-state index contributed by atoms with van der Waals surface area (Å²) < 4.78 is 37.0. The van der Waals surface area contributed by atoms with Crippen molar-refractivity contribution in [2.45, 2.75) is 12.8 Å². The molecule has 4 nitrogen and oxygen atoms in total. The van der Waals surface area contributed by atoms with Gasteiger partial charge in [-0.2, -0.15) is 8.78 Å². The highest BCUT2D eigenvalue weighted by atomic mass is 32.1. The molecule has 2 rings (SSSR count). The Bertz CT molecular complexity index is 693. The number of benzene rings is 1. The summed E-state index contributed by atoms with van der Waals surface area (Å²) in [5, 5.41) is 0.632. The van der Waals surface area contributed by atoms with Gasteiger partial charge in [0.2, 0.25) is 0 Å². The molecule has 0 fully saturated rings. The standard InChI is InChI=1S/C14H12F2O4S/c1-3-20-12(17)11-6-8-4-5-9(7-10(8)21-11)14(15,16)13(18)19-2/h4-7H,3H2,1-2H3. The highest BCUT2D eigenvalue weighted by Gasteiger charge is 2.42. The lowest BCUT2D eigenvalue weighted by molar-refractivity contribution is -0.170. The van der Waals surface area contributed by atoms with Gasteiger partial charge in [-0.05, 0) is 24.4 Å². The molecule has 2 aromatic rings. The van der Waals surface area contributed by atoms with Gasteiger partial charge in [0.15, 0.2) is 0 Å². The fourth-order valence-corrected chi connectivity index (χ4v) is 2.77. The Morgan fingerprint density at radius 1 is 1.29 bits per heavy atom. The van der Waals surface area contributed by atoms with Crippen molar-refractivity contribution in [1.82, 2.24) is 0 Å². The first-order chi connectivity index (χ1) is 9.90. The van der Waals surface area contributed by atoms with Crippen LogP contribution in [0.1, 0.15) is 22.2 Å². The van der Waals surface area contributed by atoms with E-state index in [-0.39, 0.29) is 6.61 Å². The second kappa shape index (κ2) is 5.77. The number of hydrogen-bond acceptors (Lipinski definition) is 5. The van der Waals surface area contributed by atoms with Crippen LogP contribution in [0.3, 0.4) is 0 Å². The number of carbonyl (C=O) groups excluding carboxylic acids is 2. The second-order valence-electron chi connectivity index (χ2n) is 4.15. The number of esters is 2. The van der Waals surface area contributed by atoms with E-state index in [1.165, 1.54) is 12.1 Å². The zero-order valence-corrected chi connectivity index (χ0v) is 12.1. The molecule has 1 aromatic carbocycles. The summed E-state index contributed by atoms with van der Waals surface area (Å²) in [4.78, 5) is 23.1. The number of hydrogen-bond donors (Lipinski definition) is 0. The predicted octanol–water partition coefficient (Wildman–Crippen LogP) is 3.34. The number of thiophene rings is 1. The largest absolute Gasteiger partial charge is 0.464 e. The smallest absolute Gasteiger partial charge is 0.381 e. The van der Waals surface area contributed by atoms with Gasteiger partial charge in [0.1, 0.15) is 4.88 Å². The number of rotatable bonds is 4. The molecule has 0 amide bonds. The normalized spacial score (nSPS) is 11.4. The third-order valence-electron chi connectivity index (χ3n) is 2.80. The van der Waals surface area contributed by atoms with Crippen LogP contribution in [0.4, 0.5) is 8.78 Å². The van der Waals surface area contributed by atoms with Gasteiger partial charge in [0.05, 0.1) is 13.7 Å². The number of alkyl halides is 2. The first kappa shape index (κ1) is 15.4. The van der Waals surface area contributed by atoms with Gasteiger partial charge < -0.3 is 9.47 Å². The summed E-state index contributed by atoms with van der Waals surface area (Å²) in [5.41, 5.74) is -0.473. The minimum atomic E-state index is -3.73. The van der Waals surface area contributed by atoms with E-state index in [9.17, 15) is 18.4 Å². The van der Waals surface area contributed by atoms with Gasteiger partial charge in [0.25, 0.3) is 0 Å². The van der Waals surface area contributed by atoms with Gasteiger partial charge in [0, 0.05) is 10.3 Å².